The molecule has 1 unspecified atom stereocenters. The van der Waals surface area contributed by atoms with E-state index < -0.39 is 19.2 Å². The van der Waals surface area contributed by atoms with Gasteiger partial charge in [-0.3, -0.25) is 9.36 Å². The van der Waals surface area contributed by atoms with E-state index in [0.717, 1.165) is 5.56 Å². The number of aryl methyl sites for hydroxylation is 2. The second kappa shape index (κ2) is 11.1. The van der Waals surface area contributed by atoms with E-state index in [1.807, 2.05) is 80.0 Å². The third-order valence-corrected chi connectivity index (χ3v) is 9.20. The molecule has 7 nitrogen and oxygen atoms in total. The molecule has 192 valence electrons. The first-order valence-corrected chi connectivity index (χ1v) is 13.9. The number of amides is 1. The fraction of sp³-hybridized carbons (Fsp3) is 0.214. The van der Waals surface area contributed by atoms with Crippen molar-refractivity contribution < 1.29 is 13.8 Å². The van der Waals surface area contributed by atoms with Crippen molar-refractivity contribution in [3.05, 3.63) is 102 Å². The number of benzene rings is 3. The summed E-state index contributed by atoms with van der Waals surface area (Å²) in [6, 6.07) is 22.3. The molecule has 4 rings (SSSR count). The van der Waals surface area contributed by atoms with E-state index in [1.54, 1.807) is 11.6 Å². The summed E-state index contributed by atoms with van der Waals surface area (Å²) in [7, 11) is -3.52. The predicted molar refractivity (Wildman–Crippen MR) is 148 cm³/mol. The van der Waals surface area contributed by atoms with E-state index in [1.165, 1.54) is 24.3 Å². The maximum atomic E-state index is 15.0. The zero-order chi connectivity index (χ0) is 26.6. The Kier molecular flexibility index (Phi) is 7.91. The van der Waals surface area contributed by atoms with E-state index >= 15 is 4.57 Å². The van der Waals surface area contributed by atoms with Crippen LogP contribution in [0.5, 0.6) is 0 Å². The number of rotatable bonds is 9. The van der Waals surface area contributed by atoms with Crippen molar-refractivity contribution in [2.75, 3.05) is 23.5 Å². The van der Waals surface area contributed by atoms with Crippen molar-refractivity contribution in [1.29, 1.82) is 0 Å². The molecule has 0 saturated heterocycles. The highest BCUT2D eigenvalue weighted by atomic mass is 31.2. The van der Waals surface area contributed by atoms with Crippen molar-refractivity contribution >= 4 is 30.2 Å². The number of hydrogen-bond donors (Lipinski definition) is 2. The maximum Gasteiger partial charge on any atom is 0.272 e. The number of aromatic nitrogens is 2. The molecule has 0 aliphatic carbocycles. The van der Waals surface area contributed by atoms with Gasteiger partial charge in [0, 0.05) is 24.3 Å². The molecule has 3 aromatic carbocycles. The molecule has 1 atom stereocenters. The number of carbonyl (C=O) groups is 1. The maximum absolute atomic E-state index is 15.0. The van der Waals surface area contributed by atoms with Gasteiger partial charge >= 0.3 is 0 Å². The van der Waals surface area contributed by atoms with Gasteiger partial charge in [-0.1, -0.05) is 49.7 Å². The highest BCUT2D eigenvalue weighted by Gasteiger charge is 2.39. The van der Waals surface area contributed by atoms with Crippen LogP contribution in [0.1, 0.15) is 35.5 Å². The third kappa shape index (κ3) is 5.50. The van der Waals surface area contributed by atoms with Gasteiger partial charge in [-0.2, -0.15) is 5.10 Å². The highest BCUT2D eigenvalue weighted by Crippen LogP contribution is 2.51. The average molecular weight is 520 g/mol. The molecular formula is C28H31FN5O2P. The fourth-order valence-electron chi connectivity index (χ4n) is 4.22. The number of nitrogens with one attached hydrogen (secondary N) is 2. The molecule has 1 heterocycles. The molecule has 0 spiro atoms. The molecule has 37 heavy (non-hydrogen) atoms. The minimum absolute atomic E-state index is 0.273. The van der Waals surface area contributed by atoms with Crippen molar-refractivity contribution in [3.8, 4) is 5.69 Å². The van der Waals surface area contributed by atoms with Crippen molar-refractivity contribution in [1.82, 2.24) is 14.5 Å². The van der Waals surface area contributed by atoms with Crippen LogP contribution in [-0.2, 0) is 4.57 Å². The molecule has 1 amide bonds. The molecule has 0 fully saturated rings. The van der Waals surface area contributed by atoms with Crippen LogP contribution in [-0.4, -0.2) is 33.4 Å². The SMILES string of the molecule is CCN(CC)P(=O)(Nc1ccc(C)cc1)c1c(C)nn(-c2ccccc2)c1NC(=O)c1ccc(F)cc1. The average Bonchev–Trinajstić information content (AvgIpc) is 3.23. The van der Waals surface area contributed by atoms with E-state index in [2.05, 4.69) is 10.4 Å². The van der Waals surface area contributed by atoms with Crippen LogP contribution in [0, 0.1) is 19.7 Å². The van der Waals surface area contributed by atoms with Crippen molar-refractivity contribution in [2.45, 2.75) is 27.7 Å². The first kappa shape index (κ1) is 26.3. The number of para-hydroxylation sites is 1. The zero-order valence-corrected chi connectivity index (χ0v) is 22.3. The topological polar surface area (TPSA) is 79.3 Å². The molecule has 0 bridgehead atoms. The van der Waals surface area contributed by atoms with Crippen LogP contribution in [0.4, 0.5) is 15.9 Å². The molecule has 2 N–H and O–H groups in total. The third-order valence-electron chi connectivity index (χ3n) is 6.13. The van der Waals surface area contributed by atoms with Crippen LogP contribution >= 0.6 is 7.44 Å². The van der Waals surface area contributed by atoms with E-state index in [-0.39, 0.29) is 5.56 Å². The molecule has 1 aromatic heterocycles. The molecule has 4 aromatic rings. The zero-order valence-electron chi connectivity index (χ0n) is 21.4. The Bertz CT molecular complexity index is 1420. The van der Waals surface area contributed by atoms with E-state index in [4.69, 9.17) is 5.10 Å². The van der Waals surface area contributed by atoms with Gasteiger partial charge in [-0.25, -0.2) is 13.7 Å². The van der Waals surface area contributed by atoms with Gasteiger partial charge in [-0.05, 0) is 62.4 Å². The van der Waals surface area contributed by atoms with Crippen LogP contribution in [0.25, 0.3) is 5.69 Å². The van der Waals surface area contributed by atoms with Crippen LogP contribution < -0.4 is 15.7 Å². The Morgan fingerprint density at radius 2 is 1.57 bits per heavy atom. The Balaban J connectivity index is 1.91. The Morgan fingerprint density at radius 3 is 2.16 bits per heavy atom. The largest absolute Gasteiger partial charge is 0.321 e. The summed E-state index contributed by atoms with van der Waals surface area (Å²) in [5.41, 5.74) is 3.28. The van der Waals surface area contributed by atoms with Gasteiger partial charge in [0.15, 0.2) is 5.82 Å². The molecule has 0 radical (unpaired) electrons. The lowest BCUT2D eigenvalue weighted by Crippen LogP contribution is -2.32. The van der Waals surface area contributed by atoms with Crippen LogP contribution in [0.15, 0.2) is 78.9 Å². The summed E-state index contributed by atoms with van der Waals surface area (Å²) < 4.78 is 32.0. The van der Waals surface area contributed by atoms with Crippen molar-refractivity contribution in [3.63, 3.8) is 0 Å². The standard InChI is InChI=1S/C28H31FN5O2P/c1-5-33(6-2)37(36,32-24-18-12-20(3)13-19-24)26-21(4)31-34(25-10-8-7-9-11-25)27(26)30-28(35)22-14-16-23(29)17-15-22/h7-19H,5-6H2,1-4H3,(H,30,35)(H,32,36). The van der Waals surface area contributed by atoms with Crippen molar-refractivity contribution in [2.24, 2.45) is 0 Å². The molecule has 9 heteroatoms. The second-order valence-electron chi connectivity index (χ2n) is 8.68. The molecule has 0 aliphatic heterocycles. The van der Waals surface area contributed by atoms with E-state index in [9.17, 15) is 9.18 Å². The van der Waals surface area contributed by atoms with Crippen LogP contribution in [0.2, 0.25) is 0 Å². The minimum Gasteiger partial charge on any atom is -0.321 e. The summed E-state index contributed by atoms with van der Waals surface area (Å²) in [5.74, 6) is -0.594. The Morgan fingerprint density at radius 1 is 0.946 bits per heavy atom. The molecule has 0 saturated carbocycles. The van der Waals surface area contributed by atoms with Gasteiger partial charge < -0.3 is 10.4 Å². The summed E-state index contributed by atoms with van der Waals surface area (Å²) in [4.78, 5) is 13.3. The summed E-state index contributed by atoms with van der Waals surface area (Å²) >= 11 is 0. The Labute approximate surface area is 216 Å². The van der Waals surface area contributed by atoms with Gasteiger partial charge in [0.2, 0.25) is 0 Å². The number of carbonyl (C=O) groups excluding carboxylic acids is 1. The lowest BCUT2D eigenvalue weighted by Gasteiger charge is -2.31. The molecular weight excluding hydrogens is 488 g/mol. The first-order chi connectivity index (χ1) is 17.8. The number of anilines is 2. The summed E-state index contributed by atoms with van der Waals surface area (Å²) in [6.07, 6.45) is 0. The van der Waals surface area contributed by atoms with Gasteiger partial charge in [0.25, 0.3) is 13.4 Å². The lowest BCUT2D eigenvalue weighted by molar-refractivity contribution is 0.102. The Hall–Kier alpha value is -3.74. The van der Waals surface area contributed by atoms with Gasteiger partial charge in [0.1, 0.15) is 11.1 Å². The van der Waals surface area contributed by atoms with Crippen LogP contribution in [0.3, 0.4) is 0 Å². The summed E-state index contributed by atoms with van der Waals surface area (Å²) in [5, 5.41) is 11.4. The quantitative estimate of drug-likeness (QED) is 0.259. The van der Waals surface area contributed by atoms with Gasteiger partial charge in [-0.15, -0.1) is 0 Å². The number of hydrogen-bond acceptors (Lipinski definition) is 3. The summed E-state index contributed by atoms with van der Waals surface area (Å²) in [6.45, 7) is 8.68. The monoisotopic (exact) mass is 519 g/mol. The number of nitrogens with zero attached hydrogens (tertiary/aromatic N) is 3. The fourth-order valence-corrected chi connectivity index (χ4v) is 6.98. The minimum atomic E-state index is -3.52. The molecule has 0 aliphatic rings. The lowest BCUT2D eigenvalue weighted by atomic mass is 10.2. The number of halogens is 1. The highest BCUT2D eigenvalue weighted by molar-refractivity contribution is 7.71. The smallest absolute Gasteiger partial charge is 0.272 e. The second-order valence-corrected chi connectivity index (χ2v) is 11.1. The van der Waals surface area contributed by atoms with E-state index in [0.29, 0.717) is 41.3 Å². The first-order valence-electron chi connectivity index (χ1n) is 12.2. The normalized spacial score (nSPS) is 12.8. The predicted octanol–water partition coefficient (Wildman–Crippen LogP) is 6.15. The van der Waals surface area contributed by atoms with Gasteiger partial charge in [0.05, 0.1) is 11.4 Å².